The van der Waals surface area contributed by atoms with E-state index in [0.717, 1.165) is 53.0 Å². The summed E-state index contributed by atoms with van der Waals surface area (Å²) in [5.74, 6) is 0.893. The summed E-state index contributed by atoms with van der Waals surface area (Å²) in [5, 5.41) is 2.27. The lowest BCUT2D eigenvalue weighted by Gasteiger charge is -2.32. The number of ether oxygens (including phenoxy) is 1. The first-order valence-electron chi connectivity index (χ1n) is 6.29. The average molecular weight is 393 g/mol. The molecule has 0 unspecified atom stereocenters. The lowest BCUT2D eigenvalue weighted by Crippen LogP contribution is -2.50. The van der Waals surface area contributed by atoms with Crippen molar-refractivity contribution in [3.05, 3.63) is 26.6 Å². The molecule has 1 aliphatic rings. The smallest absolute Gasteiger partial charge is 0.137 e. The van der Waals surface area contributed by atoms with Crippen molar-refractivity contribution in [2.75, 3.05) is 40.3 Å². The molecule has 19 heavy (non-hydrogen) atoms. The zero-order valence-electron chi connectivity index (χ0n) is 11.2. The van der Waals surface area contributed by atoms with Gasteiger partial charge in [0.25, 0.3) is 0 Å². The van der Waals surface area contributed by atoms with Crippen LogP contribution in [0.5, 0.6) is 5.75 Å². The number of piperazine rings is 1. The van der Waals surface area contributed by atoms with Gasteiger partial charge in [0.1, 0.15) is 5.75 Å². The van der Waals surface area contributed by atoms with Crippen molar-refractivity contribution in [3.8, 4) is 5.75 Å². The van der Waals surface area contributed by atoms with Crippen molar-refractivity contribution < 1.29 is 4.74 Å². The Balaban J connectivity index is 1.99. The maximum Gasteiger partial charge on any atom is 0.137 e. The number of hydrogen-bond donors (Lipinski definition) is 1. The summed E-state index contributed by atoms with van der Waals surface area (Å²) in [4.78, 5) is 2.34. The van der Waals surface area contributed by atoms with Gasteiger partial charge in [-0.1, -0.05) is 15.9 Å². The van der Waals surface area contributed by atoms with Gasteiger partial charge in [0.05, 0.1) is 11.6 Å². The molecule has 1 N–H and O–H groups in total. The van der Waals surface area contributed by atoms with Gasteiger partial charge in [-0.25, -0.2) is 5.01 Å². The number of hydrazine groups is 1. The highest BCUT2D eigenvalue weighted by molar-refractivity contribution is 9.11. The maximum atomic E-state index is 5.45. The Bertz CT molecular complexity index is 434. The number of halogens is 2. The first kappa shape index (κ1) is 15.3. The van der Waals surface area contributed by atoms with Crippen LogP contribution < -0.4 is 10.2 Å². The molecule has 0 amide bonds. The fourth-order valence-electron chi connectivity index (χ4n) is 2.14. The fourth-order valence-corrected chi connectivity index (χ4v) is 3.61. The molecule has 4 nitrogen and oxygen atoms in total. The number of rotatable bonds is 4. The highest BCUT2D eigenvalue weighted by atomic mass is 79.9. The fraction of sp³-hybridized carbons (Fsp3) is 0.538. The zero-order valence-corrected chi connectivity index (χ0v) is 14.4. The van der Waals surface area contributed by atoms with Crippen LogP contribution in [0, 0.1) is 0 Å². The van der Waals surface area contributed by atoms with Crippen molar-refractivity contribution in [1.29, 1.82) is 0 Å². The van der Waals surface area contributed by atoms with Crippen LogP contribution in [0.3, 0.4) is 0 Å². The number of benzene rings is 1. The van der Waals surface area contributed by atoms with Gasteiger partial charge in [-0.2, -0.15) is 0 Å². The Morgan fingerprint density at radius 2 is 1.89 bits per heavy atom. The van der Waals surface area contributed by atoms with Crippen molar-refractivity contribution >= 4 is 31.9 Å². The van der Waals surface area contributed by atoms with E-state index < -0.39 is 0 Å². The van der Waals surface area contributed by atoms with Crippen LogP contribution in [-0.2, 0) is 6.54 Å². The van der Waals surface area contributed by atoms with Crippen LogP contribution in [0.4, 0.5) is 0 Å². The molecule has 1 saturated heterocycles. The standard InChI is InChI=1S/C13H19Br2N3O/c1-17-3-5-18(6-4-17)16-9-10-7-11(14)8-12(15)13(10)19-2/h7-8,16H,3-6,9H2,1-2H3. The Morgan fingerprint density at radius 1 is 1.21 bits per heavy atom. The van der Waals surface area contributed by atoms with E-state index in [-0.39, 0.29) is 0 Å². The van der Waals surface area contributed by atoms with E-state index in [2.05, 4.69) is 60.3 Å². The maximum absolute atomic E-state index is 5.45. The molecule has 6 heteroatoms. The van der Waals surface area contributed by atoms with Crippen molar-refractivity contribution in [2.24, 2.45) is 0 Å². The molecule has 0 radical (unpaired) electrons. The van der Waals surface area contributed by atoms with E-state index >= 15 is 0 Å². The van der Waals surface area contributed by atoms with Crippen LogP contribution in [0.15, 0.2) is 21.1 Å². The average Bonchev–Trinajstić information content (AvgIpc) is 2.37. The SMILES string of the molecule is COc1c(Br)cc(Br)cc1CNN1CCN(C)CC1. The number of methoxy groups -OCH3 is 1. The molecule has 1 heterocycles. The van der Waals surface area contributed by atoms with Crippen molar-refractivity contribution in [2.45, 2.75) is 6.54 Å². The van der Waals surface area contributed by atoms with Crippen LogP contribution >= 0.6 is 31.9 Å². The molecular weight excluding hydrogens is 374 g/mol. The number of likely N-dealkylation sites (N-methyl/N-ethyl adjacent to an activating group) is 1. The van der Waals surface area contributed by atoms with Crippen LogP contribution in [0.2, 0.25) is 0 Å². The van der Waals surface area contributed by atoms with Crippen LogP contribution in [0.1, 0.15) is 5.56 Å². The molecule has 1 aromatic carbocycles. The second-order valence-corrected chi connectivity index (χ2v) is 6.48. The molecule has 1 aromatic rings. The quantitative estimate of drug-likeness (QED) is 0.851. The molecular formula is C13H19Br2N3O. The minimum atomic E-state index is 0.769. The highest BCUT2D eigenvalue weighted by Gasteiger charge is 2.15. The molecule has 0 saturated carbocycles. The Labute approximate surface area is 131 Å². The summed E-state index contributed by atoms with van der Waals surface area (Å²) in [7, 11) is 3.86. The highest BCUT2D eigenvalue weighted by Crippen LogP contribution is 2.32. The Kier molecular flexibility index (Phi) is 5.65. The van der Waals surface area contributed by atoms with Gasteiger partial charge in [0, 0.05) is 42.8 Å². The number of nitrogens with zero attached hydrogens (tertiary/aromatic N) is 2. The third-order valence-electron chi connectivity index (χ3n) is 3.29. The van der Waals surface area contributed by atoms with E-state index in [0.29, 0.717) is 0 Å². The Morgan fingerprint density at radius 3 is 2.53 bits per heavy atom. The Hall–Kier alpha value is -0.140. The molecule has 2 rings (SSSR count). The molecule has 0 aromatic heterocycles. The normalized spacial score (nSPS) is 17.7. The largest absolute Gasteiger partial charge is 0.495 e. The summed E-state index contributed by atoms with van der Waals surface area (Å²) < 4.78 is 7.48. The van der Waals surface area contributed by atoms with Gasteiger partial charge in [-0.05, 0) is 35.1 Å². The molecule has 1 aliphatic heterocycles. The van der Waals surface area contributed by atoms with Gasteiger partial charge in [0.2, 0.25) is 0 Å². The van der Waals surface area contributed by atoms with Crippen molar-refractivity contribution in [3.63, 3.8) is 0 Å². The lowest BCUT2D eigenvalue weighted by molar-refractivity contribution is 0.102. The molecule has 106 valence electrons. The zero-order chi connectivity index (χ0) is 13.8. The summed E-state index contributed by atoms with van der Waals surface area (Å²) in [6, 6.07) is 4.09. The molecule has 0 aliphatic carbocycles. The second kappa shape index (κ2) is 7.04. The van der Waals surface area contributed by atoms with E-state index in [1.807, 2.05) is 6.07 Å². The van der Waals surface area contributed by atoms with Gasteiger partial charge in [-0.15, -0.1) is 0 Å². The van der Waals surface area contributed by atoms with E-state index in [1.165, 1.54) is 0 Å². The van der Waals surface area contributed by atoms with Crippen molar-refractivity contribution in [1.82, 2.24) is 15.3 Å². The van der Waals surface area contributed by atoms with E-state index in [4.69, 9.17) is 4.74 Å². The summed E-state index contributed by atoms with van der Waals surface area (Å²) in [5.41, 5.74) is 4.61. The first-order chi connectivity index (χ1) is 9.10. The third-order valence-corrected chi connectivity index (χ3v) is 4.33. The lowest BCUT2D eigenvalue weighted by atomic mass is 10.2. The van der Waals surface area contributed by atoms with E-state index in [9.17, 15) is 0 Å². The number of nitrogens with one attached hydrogen (secondary N) is 1. The summed E-state index contributed by atoms with van der Waals surface area (Å²) >= 11 is 7.05. The first-order valence-corrected chi connectivity index (χ1v) is 7.87. The topological polar surface area (TPSA) is 27.7 Å². The molecule has 0 spiro atoms. The summed E-state index contributed by atoms with van der Waals surface area (Å²) in [6.07, 6.45) is 0. The van der Waals surface area contributed by atoms with Gasteiger partial charge < -0.3 is 9.64 Å². The monoisotopic (exact) mass is 391 g/mol. The van der Waals surface area contributed by atoms with Crippen LogP contribution in [0.25, 0.3) is 0 Å². The summed E-state index contributed by atoms with van der Waals surface area (Å²) in [6.45, 7) is 5.07. The van der Waals surface area contributed by atoms with Gasteiger partial charge in [0.15, 0.2) is 0 Å². The van der Waals surface area contributed by atoms with Gasteiger partial charge >= 0.3 is 0 Å². The van der Waals surface area contributed by atoms with E-state index in [1.54, 1.807) is 7.11 Å². The predicted molar refractivity (Wildman–Crippen MR) is 84.3 cm³/mol. The van der Waals surface area contributed by atoms with Gasteiger partial charge in [-0.3, -0.25) is 5.43 Å². The third kappa shape index (κ3) is 4.16. The molecule has 0 atom stereocenters. The second-order valence-electron chi connectivity index (χ2n) is 4.71. The van der Waals surface area contributed by atoms with Crippen LogP contribution in [-0.4, -0.2) is 50.2 Å². The minimum absolute atomic E-state index is 0.769. The molecule has 0 bridgehead atoms. The molecule has 1 fully saturated rings. The predicted octanol–water partition coefficient (Wildman–Crippen LogP) is 2.47. The minimum Gasteiger partial charge on any atom is -0.495 e. The number of hydrogen-bond acceptors (Lipinski definition) is 4.